The molecule has 1 heterocycles. The molecule has 1 aromatic rings. The molecular formula is C13H20N2O4. The van der Waals surface area contributed by atoms with E-state index in [4.69, 9.17) is 9.15 Å². The van der Waals surface area contributed by atoms with E-state index in [1.807, 2.05) is 0 Å². The molecule has 2 N–H and O–H groups in total. The molecule has 0 aliphatic rings. The van der Waals surface area contributed by atoms with Crippen molar-refractivity contribution in [2.24, 2.45) is 0 Å². The summed E-state index contributed by atoms with van der Waals surface area (Å²) in [4.78, 5) is 23.2. The van der Waals surface area contributed by atoms with Gasteiger partial charge in [-0.15, -0.1) is 0 Å². The second-order valence-corrected chi connectivity index (χ2v) is 5.17. The summed E-state index contributed by atoms with van der Waals surface area (Å²) in [6.45, 7) is 7.14. The minimum absolute atomic E-state index is 0.284. The van der Waals surface area contributed by atoms with Gasteiger partial charge in [0.1, 0.15) is 17.4 Å². The summed E-state index contributed by atoms with van der Waals surface area (Å²) < 4.78 is 10.1. The molecule has 106 valence electrons. The summed E-state index contributed by atoms with van der Waals surface area (Å²) >= 11 is 0. The fourth-order valence-corrected chi connectivity index (χ4v) is 1.29. The van der Waals surface area contributed by atoms with Crippen molar-refractivity contribution in [1.82, 2.24) is 10.6 Å². The number of carbonyl (C=O) groups is 2. The van der Waals surface area contributed by atoms with Crippen LogP contribution in [0, 0.1) is 0 Å². The van der Waals surface area contributed by atoms with E-state index in [9.17, 15) is 9.59 Å². The molecule has 6 nitrogen and oxygen atoms in total. The summed E-state index contributed by atoms with van der Waals surface area (Å²) in [6, 6.07) is 2.82. The Bertz CT molecular complexity index is 420. The van der Waals surface area contributed by atoms with Gasteiger partial charge in [-0.2, -0.15) is 0 Å². The molecule has 1 atom stereocenters. The predicted molar refractivity (Wildman–Crippen MR) is 69.4 cm³/mol. The molecule has 1 rings (SSSR count). The molecule has 2 amide bonds. The van der Waals surface area contributed by atoms with E-state index in [1.54, 1.807) is 39.8 Å². The number of furan rings is 1. The second kappa shape index (κ2) is 6.26. The Balaban J connectivity index is 2.34. The first-order chi connectivity index (χ1) is 8.78. The third kappa shape index (κ3) is 5.94. The Morgan fingerprint density at radius 3 is 2.63 bits per heavy atom. The monoisotopic (exact) mass is 268 g/mol. The summed E-state index contributed by atoms with van der Waals surface area (Å²) in [5.74, 6) is 0.347. The van der Waals surface area contributed by atoms with Crippen LogP contribution in [0.4, 0.5) is 4.79 Å². The largest absolute Gasteiger partial charge is 0.467 e. The summed E-state index contributed by atoms with van der Waals surface area (Å²) in [6.07, 6.45) is 0.914. The first-order valence-electron chi connectivity index (χ1n) is 6.07. The second-order valence-electron chi connectivity index (χ2n) is 5.17. The number of hydrogen-bond acceptors (Lipinski definition) is 4. The number of rotatable bonds is 4. The van der Waals surface area contributed by atoms with Crippen LogP contribution in [0.2, 0.25) is 0 Å². The van der Waals surface area contributed by atoms with E-state index in [2.05, 4.69) is 10.6 Å². The van der Waals surface area contributed by atoms with Crippen LogP contribution in [0.1, 0.15) is 33.5 Å². The molecule has 0 spiro atoms. The third-order valence-electron chi connectivity index (χ3n) is 2.14. The molecule has 0 aliphatic carbocycles. The minimum atomic E-state index is -0.676. The van der Waals surface area contributed by atoms with Gasteiger partial charge in [-0.25, -0.2) is 4.79 Å². The first-order valence-corrected chi connectivity index (χ1v) is 6.07. The zero-order valence-corrected chi connectivity index (χ0v) is 11.6. The maximum Gasteiger partial charge on any atom is 0.408 e. The molecule has 1 aromatic heterocycles. The number of ether oxygens (including phenoxy) is 1. The maximum absolute atomic E-state index is 11.7. The molecule has 0 unspecified atom stereocenters. The van der Waals surface area contributed by atoms with Crippen molar-refractivity contribution in [3.8, 4) is 0 Å². The lowest BCUT2D eigenvalue weighted by Gasteiger charge is -2.21. The highest BCUT2D eigenvalue weighted by atomic mass is 16.6. The number of carbonyl (C=O) groups excluding carboxylic acids is 2. The van der Waals surface area contributed by atoms with E-state index >= 15 is 0 Å². The van der Waals surface area contributed by atoms with Crippen LogP contribution in [-0.4, -0.2) is 23.6 Å². The molecule has 0 saturated carbocycles. The van der Waals surface area contributed by atoms with Crippen molar-refractivity contribution in [3.63, 3.8) is 0 Å². The molecule has 6 heteroatoms. The standard InChI is InChI=1S/C13H20N2O4/c1-9(15-12(17)19-13(2,3)4)11(16)14-8-10-6-5-7-18-10/h5-7,9H,8H2,1-4H3,(H,14,16)(H,15,17)/t9-/m0/s1. The van der Waals surface area contributed by atoms with Gasteiger partial charge in [0.25, 0.3) is 0 Å². The summed E-state index contributed by atoms with van der Waals surface area (Å²) in [5.41, 5.74) is -0.589. The summed E-state index contributed by atoms with van der Waals surface area (Å²) in [5, 5.41) is 5.11. The zero-order valence-electron chi connectivity index (χ0n) is 11.6. The van der Waals surface area contributed by atoms with Crippen LogP contribution in [0.25, 0.3) is 0 Å². The predicted octanol–water partition coefficient (Wildman–Crippen LogP) is 1.81. The van der Waals surface area contributed by atoms with E-state index in [-0.39, 0.29) is 12.5 Å². The Kier molecular flexibility index (Phi) is 4.97. The first kappa shape index (κ1) is 15.1. The van der Waals surface area contributed by atoms with Gasteiger partial charge in [-0.05, 0) is 39.8 Å². The Morgan fingerprint density at radius 2 is 2.11 bits per heavy atom. The Labute approximate surface area is 112 Å². The van der Waals surface area contributed by atoms with Gasteiger partial charge < -0.3 is 19.8 Å². The van der Waals surface area contributed by atoms with Crippen LogP contribution >= 0.6 is 0 Å². The quantitative estimate of drug-likeness (QED) is 0.872. The van der Waals surface area contributed by atoms with Gasteiger partial charge in [0.2, 0.25) is 5.91 Å². The molecule has 19 heavy (non-hydrogen) atoms. The van der Waals surface area contributed by atoms with Crippen LogP contribution in [0.15, 0.2) is 22.8 Å². The molecular weight excluding hydrogens is 248 g/mol. The van der Waals surface area contributed by atoms with Crippen molar-refractivity contribution in [2.75, 3.05) is 0 Å². The van der Waals surface area contributed by atoms with Gasteiger partial charge in [0.05, 0.1) is 12.8 Å². The number of amides is 2. The van der Waals surface area contributed by atoms with E-state index in [0.717, 1.165) is 0 Å². The van der Waals surface area contributed by atoms with Crippen molar-refractivity contribution in [2.45, 2.75) is 45.9 Å². The minimum Gasteiger partial charge on any atom is -0.467 e. The molecule has 0 aliphatic heterocycles. The highest BCUT2D eigenvalue weighted by Crippen LogP contribution is 2.06. The lowest BCUT2D eigenvalue weighted by molar-refractivity contribution is -0.123. The van der Waals surface area contributed by atoms with Crippen molar-refractivity contribution in [3.05, 3.63) is 24.2 Å². The van der Waals surface area contributed by atoms with Crippen molar-refractivity contribution < 1.29 is 18.7 Å². The van der Waals surface area contributed by atoms with Gasteiger partial charge in [-0.1, -0.05) is 0 Å². The van der Waals surface area contributed by atoms with Gasteiger partial charge in [-0.3, -0.25) is 4.79 Å². The average Bonchev–Trinajstić information content (AvgIpc) is 2.75. The van der Waals surface area contributed by atoms with Crippen LogP contribution < -0.4 is 10.6 Å². The number of hydrogen-bond donors (Lipinski definition) is 2. The molecule has 0 bridgehead atoms. The molecule has 0 fully saturated rings. The van der Waals surface area contributed by atoms with Crippen LogP contribution in [0.5, 0.6) is 0 Å². The highest BCUT2D eigenvalue weighted by Gasteiger charge is 2.20. The highest BCUT2D eigenvalue weighted by molar-refractivity contribution is 5.85. The lowest BCUT2D eigenvalue weighted by Crippen LogP contribution is -2.46. The van der Waals surface area contributed by atoms with E-state index < -0.39 is 17.7 Å². The van der Waals surface area contributed by atoms with E-state index in [1.165, 1.54) is 6.26 Å². The van der Waals surface area contributed by atoms with Gasteiger partial charge >= 0.3 is 6.09 Å². The zero-order chi connectivity index (χ0) is 14.5. The normalized spacial score (nSPS) is 12.6. The fourth-order valence-electron chi connectivity index (χ4n) is 1.29. The van der Waals surface area contributed by atoms with E-state index in [0.29, 0.717) is 5.76 Å². The summed E-state index contributed by atoms with van der Waals surface area (Å²) in [7, 11) is 0. The lowest BCUT2D eigenvalue weighted by atomic mass is 10.2. The smallest absolute Gasteiger partial charge is 0.408 e. The molecule has 0 aromatic carbocycles. The number of nitrogens with one attached hydrogen (secondary N) is 2. The van der Waals surface area contributed by atoms with Gasteiger partial charge in [0.15, 0.2) is 0 Å². The van der Waals surface area contributed by atoms with Crippen LogP contribution in [0.3, 0.4) is 0 Å². The average molecular weight is 268 g/mol. The number of alkyl carbamates (subject to hydrolysis) is 1. The van der Waals surface area contributed by atoms with Gasteiger partial charge in [0, 0.05) is 0 Å². The SMILES string of the molecule is C[C@H](NC(=O)OC(C)(C)C)C(=O)NCc1ccco1. The van der Waals surface area contributed by atoms with Crippen LogP contribution in [-0.2, 0) is 16.1 Å². The van der Waals surface area contributed by atoms with Crippen molar-refractivity contribution in [1.29, 1.82) is 0 Å². The maximum atomic E-state index is 11.7. The molecule has 0 radical (unpaired) electrons. The topological polar surface area (TPSA) is 80.6 Å². The fraction of sp³-hybridized carbons (Fsp3) is 0.538. The Hall–Kier alpha value is -1.98. The molecule has 0 saturated heterocycles. The van der Waals surface area contributed by atoms with Crippen molar-refractivity contribution >= 4 is 12.0 Å². The third-order valence-corrected chi connectivity index (χ3v) is 2.14. The Morgan fingerprint density at radius 1 is 1.42 bits per heavy atom.